The predicted molar refractivity (Wildman–Crippen MR) is 69.5 cm³/mol. The van der Waals surface area contributed by atoms with Gasteiger partial charge in [-0.15, -0.1) is 0 Å². The van der Waals surface area contributed by atoms with Crippen molar-refractivity contribution in [3.8, 4) is 0 Å². The Morgan fingerprint density at radius 2 is 1.67 bits per heavy atom. The third-order valence-corrected chi connectivity index (χ3v) is 3.45. The van der Waals surface area contributed by atoms with Crippen molar-refractivity contribution in [3.63, 3.8) is 0 Å². The van der Waals surface area contributed by atoms with Crippen molar-refractivity contribution in [2.24, 2.45) is 10.9 Å². The molecule has 5 heteroatoms. The molecule has 0 saturated carbocycles. The minimum atomic E-state index is -0.295. The molecule has 0 spiro atoms. The lowest BCUT2D eigenvalue weighted by molar-refractivity contribution is 0.318. The lowest BCUT2D eigenvalue weighted by Crippen LogP contribution is -2.14. The molecule has 0 unspecified atom stereocenters. The van der Waals surface area contributed by atoms with E-state index in [4.69, 9.17) is 10.9 Å². The highest BCUT2D eigenvalue weighted by molar-refractivity contribution is 7.99. The first-order valence-corrected chi connectivity index (χ1v) is 6.03. The van der Waals surface area contributed by atoms with Gasteiger partial charge in [0.05, 0.1) is 0 Å². The molecule has 0 aliphatic carbocycles. The topological polar surface area (TPSA) is 58.6 Å². The molecule has 2 aromatic rings. The number of benzene rings is 2. The molecular weight excluding hydrogens is 251 g/mol. The summed E-state index contributed by atoms with van der Waals surface area (Å²) in [5.41, 5.74) is 6.16. The summed E-state index contributed by atoms with van der Waals surface area (Å²) in [5, 5.41) is 11.7. The van der Waals surface area contributed by atoms with E-state index in [1.807, 2.05) is 6.07 Å². The first kappa shape index (κ1) is 12.4. The number of nitrogens with zero attached hydrogens (tertiary/aromatic N) is 1. The van der Waals surface area contributed by atoms with Gasteiger partial charge in [-0.05, 0) is 18.2 Å². The quantitative estimate of drug-likeness (QED) is 0.387. The van der Waals surface area contributed by atoms with Crippen LogP contribution in [0.1, 0.15) is 5.56 Å². The van der Waals surface area contributed by atoms with Gasteiger partial charge in [-0.1, -0.05) is 47.2 Å². The number of nitrogens with two attached hydrogens (primary N) is 1. The maximum atomic E-state index is 13.6. The van der Waals surface area contributed by atoms with Crippen LogP contribution in [0.5, 0.6) is 0 Å². The molecule has 18 heavy (non-hydrogen) atoms. The van der Waals surface area contributed by atoms with Gasteiger partial charge in [-0.25, -0.2) is 4.39 Å². The van der Waals surface area contributed by atoms with E-state index in [2.05, 4.69) is 5.16 Å². The Morgan fingerprint density at radius 3 is 2.33 bits per heavy atom. The van der Waals surface area contributed by atoms with Crippen LogP contribution in [0.2, 0.25) is 0 Å². The largest absolute Gasteiger partial charge is 0.409 e. The maximum Gasteiger partial charge on any atom is 0.171 e. The van der Waals surface area contributed by atoms with Crippen LogP contribution in [-0.2, 0) is 0 Å². The molecule has 0 heterocycles. The predicted octanol–water partition coefficient (Wildman–Crippen LogP) is 3.07. The Labute approximate surface area is 108 Å². The number of amidine groups is 1. The van der Waals surface area contributed by atoms with Crippen molar-refractivity contribution in [2.75, 3.05) is 0 Å². The Balaban J connectivity index is 2.38. The molecule has 0 bridgehead atoms. The standard InChI is InChI=1S/C13H11FN2OS/c14-10-6-2-4-8-12(10)18-11-7-3-1-5-9(11)13(15)16-17/h1-8,17H,(H2,15,16). The monoisotopic (exact) mass is 262 g/mol. The third kappa shape index (κ3) is 2.62. The molecule has 0 aliphatic heterocycles. The zero-order valence-corrected chi connectivity index (χ0v) is 10.2. The van der Waals surface area contributed by atoms with Crippen molar-refractivity contribution in [2.45, 2.75) is 9.79 Å². The molecule has 0 fully saturated rings. The summed E-state index contributed by atoms with van der Waals surface area (Å²) >= 11 is 1.24. The van der Waals surface area contributed by atoms with Crippen LogP contribution < -0.4 is 5.73 Å². The molecule has 3 N–H and O–H groups in total. The molecule has 0 radical (unpaired) electrons. The lowest BCUT2D eigenvalue weighted by Gasteiger charge is -2.08. The Kier molecular flexibility index (Phi) is 3.84. The second kappa shape index (κ2) is 5.55. The molecule has 0 aliphatic rings. The van der Waals surface area contributed by atoms with Crippen molar-refractivity contribution in [3.05, 3.63) is 59.9 Å². The molecule has 3 nitrogen and oxygen atoms in total. The van der Waals surface area contributed by atoms with Gasteiger partial charge in [0.15, 0.2) is 5.84 Å². The average molecular weight is 262 g/mol. The Hall–Kier alpha value is -2.01. The van der Waals surface area contributed by atoms with Crippen LogP contribution in [-0.4, -0.2) is 11.0 Å². The summed E-state index contributed by atoms with van der Waals surface area (Å²) in [4.78, 5) is 1.23. The number of halogens is 1. The molecule has 0 saturated heterocycles. The minimum absolute atomic E-state index is 0.00874. The van der Waals surface area contributed by atoms with E-state index in [1.54, 1.807) is 36.4 Å². The summed E-state index contributed by atoms with van der Waals surface area (Å²) in [7, 11) is 0. The SMILES string of the molecule is N/C(=N\O)c1ccccc1Sc1ccccc1F. The molecule has 0 amide bonds. The van der Waals surface area contributed by atoms with Gasteiger partial charge in [-0.3, -0.25) is 0 Å². The van der Waals surface area contributed by atoms with E-state index >= 15 is 0 Å². The molecule has 0 atom stereocenters. The van der Waals surface area contributed by atoms with Gasteiger partial charge in [0.2, 0.25) is 0 Å². The van der Waals surface area contributed by atoms with Gasteiger partial charge in [0, 0.05) is 15.4 Å². The van der Waals surface area contributed by atoms with Crippen LogP contribution in [0.25, 0.3) is 0 Å². The highest BCUT2D eigenvalue weighted by atomic mass is 32.2. The number of hydrogen-bond donors (Lipinski definition) is 2. The highest BCUT2D eigenvalue weighted by Gasteiger charge is 2.09. The Morgan fingerprint density at radius 1 is 1.06 bits per heavy atom. The second-order valence-corrected chi connectivity index (χ2v) is 4.60. The van der Waals surface area contributed by atoms with E-state index in [-0.39, 0.29) is 11.7 Å². The second-order valence-electron chi connectivity index (χ2n) is 3.51. The van der Waals surface area contributed by atoms with Gasteiger partial charge >= 0.3 is 0 Å². The zero-order chi connectivity index (χ0) is 13.0. The minimum Gasteiger partial charge on any atom is -0.409 e. The van der Waals surface area contributed by atoms with E-state index < -0.39 is 0 Å². The fourth-order valence-electron chi connectivity index (χ4n) is 1.47. The fourth-order valence-corrected chi connectivity index (χ4v) is 2.45. The van der Waals surface area contributed by atoms with E-state index in [0.29, 0.717) is 10.5 Å². The van der Waals surface area contributed by atoms with Gasteiger partial charge < -0.3 is 10.9 Å². The molecular formula is C13H11FN2OS. The Bertz CT molecular complexity index is 587. The van der Waals surface area contributed by atoms with Crippen LogP contribution >= 0.6 is 11.8 Å². The molecule has 2 aromatic carbocycles. The van der Waals surface area contributed by atoms with Crippen LogP contribution in [0, 0.1) is 5.82 Å². The van der Waals surface area contributed by atoms with Crippen LogP contribution in [0.4, 0.5) is 4.39 Å². The third-order valence-electron chi connectivity index (χ3n) is 2.33. The summed E-state index contributed by atoms with van der Waals surface area (Å²) in [5.74, 6) is -0.286. The maximum absolute atomic E-state index is 13.6. The van der Waals surface area contributed by atoms with E-state index in [1.165, 1.54) is 17.8 Å². The van der Waals surface area contributed by atoms with Crippen molar-refractivity contribution in [1.29, 1.82) is 0 Å². The van der Waals surface area contributed by atoms with E-state index in [9.17, 15) is 4.39 Å². The van der Waals surface area contributed by atoms with Gasteiger partial charge in [0.25, 0.3) is 0 Å². The zero-order valence-electron chi connectivity index (χ0n) is 9.38. The lowest BCUT2D eigenvalue weighted by atomic mass is 10.2. The summed E-state index contributed by atoms with van der Waals surface area (Å²) in [6.07, 6.45) is 0. The van der Waals surface area contributed by atoms with Crippen molar-refractivity contribution < 1.29 is 9.60 Å². The first-order valence-electron chi connectivity index (χ1n) is 5.21. The highest BCUT2D eigenvalue weighted by Crippen LogP contribution is 2.31. The summed E-state index contributed by atoms with van der Waals surface area (Å²) in [6.45, 7) is 0. The first-order chi connectivity index (χ1) is 8.72. The van der Waals surface area contributed by atoms with Gasteiger partial charge in [-0.2, -0.15) is 0 Å². The molecule has 2 rings (SSSR count). The van der Waals surface area contributed by atoms with E-state index in [0.717, 1.165) is 4.90 Å². The van der Waals surface area contributed by atoms with Crippen LogP contribution in [0.3, 0.4) is 0 Å². The normalized spacial score (nSPS) is 11.5. The number of rotatable bonds is 3. The van der Waals surface area contributed by atoms with Gasteiger partial charge in [0.1, 0.15) is 5.82 Å². The number of hydrogen-bond acceptors (Lipinski definition) is 3. The fraction of sp³-hybridized carbons (Fsp3) is 0. The van der Waals surface area contributed by atoms with Crippen LogP contribution in [0.15, 0.2) is 63.5 Å². The number of oxime groups is 1. The molecule has 0 aromatic heterocycles. The molecule has 92 valence electrons. The van der Waals surface area contributed by atoms with Crippen molar-refractivity contribution in [1.82, 2.24) is 0 Å². The summed E-state index contributed by atoms with van der Waals surface area (Å²) < 4.78 is 13.6. The smallest absolute Gasteiger partial charge is 0.171 e. The van der Waals surface area contributed by atoms with Crippen molar-refractivity contribution >= 4 is 17.6 Å². The summed E-state index contributed by atoms with van der Waals surface area (Å²) in [6, 6.07) is 13.6. The average Bonchev–Trinajstić information content (AvgIpc) is 2.41.